The molecule has 6 nitrogen and oxygen atoms in total. The molecule has 1 heterocycles. The highest BCUT2D eigenvalue weighted by Gasteiger charge is 2.41. The molecule has 0 saturated heterocycles. The second kappa shape index (κ2) is 6.63. The summed E-state index contributed by atoms with van der Waals surface area (Å²) in [5.74, 6) is -0.990. The van der Waals surface area contributed by atoms with E-state index in [1.807, 2.05) is 18.2 Å². The van der Waals surface area contributed by atoms with E-state index in [0.29, 0.717) is 25.8 Å². The molecule has 2 N–H and O–H groups in total. The van der Waals surface area contributed by atoms with Crippen molar-refractivity contribution in [3.63, 3.8) is 0 Å². The van der Waals surface area contributed by atoms with Crippen molar-refractivity contribution < 1.29 is 14.7 Å². The van der Waals surface area contributed by atoms with Gasteiger partial charge in [-0.15, -0.1) is 0 Å². The van der Waals surface area contributed by atoms with Crippen molar-refractivity contribution in [1.29, 1.82) is 0 Å². The maximum Gasteiger partial charge on any atom is 0.307 e. The molecule has 0 aliphatic heterocycles. The third-order valence-corrected chi connectivity index (χ3v) is 4.76. The minimum atomic E-state index is -0.872. The lowest BCUT2D eigenvalue weighted by Crippen LogP contribution is -2.44. The van der Waals surface area contributed by atoms with Crippen molar-refractivity contribution >= 4 is 22.9 Å². The molecule has 1 fully saturated rings. The molecule has 1 aliphatic carbocycles. The van der Waals surface area contributed by atoms with Crippen molar-refractivity contribution in [3.05, 3.63) is 30.1 Å². The number of carboxylic acids is 1. The van der Waals surface area contributed by atoms with Gasteiger partial charge in [-0.3, -0.25) is 9.59 Å². The number of aromatic nitrogens is 2. The number of rotatable bonds is 6. The maximum absolute atomic E-state index is 12.1. The molecule has 2 unspecified atom stereocenters. The largest absolute Gasteiger partial charge is 0.481 e. The van der Waals surface area contributed by atoms with Gasteiger partial charge in [0.15, 0.2) is 0 Å². The van der Waals surface area contributed by atoms with Gasteiger partial charge >= 0.3 is 5.97 Å². The smallest absolute Gasteiger partial charge is 0.307 e. The van der Waals surface area contributed by atoms with Crippen LogP contribution in [0.5, 0.6) is 0 Å². The summed E-state index contributed by atoms with van der Waals surface area (Å²) in [5.41, 5.74) is 2.05. The quantitative estimate of drug-likeness (QED) is 0.852. The van der Waals surface area contributed by atoms with Gasteiger partial charge in [-0.2, -0.15) is 0 Å². The average molecular weight is 329 g/mol. The zero-order valence-corrected chi connectivity index (χ0v) is 14.0. The highest BCUT2D eigenvalue weighted by molar-refractivity contribution is 5.86. The number of hydrogen-bond acceptors (Lipinski definition) is 3. The summed E-state index contributed by atoms with van der Waals surface area (Å²) in [6.45, 7) is 4.70. The Bertz CT molecular complexity index is 766. The first-order chi connectivity index (χ1) is 11.5. The number of fused-ring (bicyclic) bond motifs is 1. The number of benzene rings is 1. The number of nitrogens with zero attached hydrogens (tertiary/aromatic N) is 2. The van der Waals surface area contributed by atoms with Crippen LogP contribution in [0.15, 0.2) is 24.3 Å². The van der Waals surface area contributed by atoms with Crippen LogP contribution < -0.4 is 5.32 Å². The first-order valence-electron chi connectivity index (χ1n) is 8.45. The van der Waals surface area contributed by atoms with Gasteiger partial charge in [0.1, 0.15) is 5.82 Å². The van der Waals surface area contributed by atoms with Crippen LogP contribution in [0, 0.1) is 11.8 Å². The first-order valence-corrected chi connectivity index (χ1v) is 8.45. The lowest BCUT2D eigenvalue weighted by Gasteiger charge is -2.31. The van der Waals surface area contributed by atoms with Gasteiger partial charge < -0.3 is 15.0 Å². The number of aliphatic carboxylic acids is 1. The highest BCUT2D eigenvalue weighted by atomic mass is 16.4. The van der Waals surface area contributed by atoms with Gasteiger partial charge in [0.05, 0.1) is 22.9 Å². The molecule has 2 atom stereocenters. The molecule has 1 aliphatic rings. The zero-order chi connectivity index (χ0) is 17.3. The van der Waals surface area contributed by atoms with Gasteiger partial charge in [0, 0.05) is 19.0 Å². The molecule has 128 valence electrons. The fourth-order valence-electron chi connectivity index (χ4n) is 3.38. The number of carboxylic acid groups (broad SMARTS) is 1. The van der Waals surface area contributed by atoms with Crippen LogP contribution in [0.1, 0.15) is 38.6 Å². The Hall–Kier alpha value is -2.37. The molecule has 3 rings (SSSR count). The van der Waals surface area contributed by atoms with Crippen LogP contribution in [0.4, 0.5) is 0 Å². The Labute approximate surface area is 140 Å². The summed E-state index contributed by atoms with van der Waals surface area (Å²) < 4.78 is 2.19. The van der Waals surface area contributed by atoms with E-state index in [-0.39, 0.29) is 17.9 Å². The fraction of sp³-hybridized carbons (Fsp3) is 0.500. The van der Waals surface area contributed by atoms with Crippen LogP contribution in [-0.2, 0) is 16.0 Å². The molecule has 1 amide bonds. The summed E-state index contributed by atoms with van der Waals surface area (Å²) in [4.78, 5) is 27.8. The molecule has 0 radical (unpaired) electrons. The van der Waals surface area contributed by atoms with Crippen LogP contribution in [0.3, 0.4) is 0 Å². The number of amides is 1. The van der Waals surface area contributed by atoms with Crippen LogP contribution in [-0.4, -0.2) is 33.1 Å². The Morgan fingerprint density at radius 3 is 2.62 bits per heavy atom. The molecule has 1 saturated carbocycles. The van der Waals surface area contributed by atoms with Gasteiger partial charge in [-0.1, -0.05) is 12.1 Å². The molecule has 24 heavy (non-hydrogen) atoms. The molecule has 0 spiro atoms. The zero-order valence-electron chi connectivity index (χ0n) is 14.0. The van der Waals surface area contributed by atoms with Crippen molar-refractivity contribution in [2.24, 2.45) is 11.8 Å². The Kier molecular flexibility index (Phi) is 4.55. The first kappa shape index (κ1) is 16.5. The lowest BCUT2D eigenvalue weighted by molar-refractivity contribution is -0.152. The van der Waals surface area contributed by atoms with E-state index in [9.17, 15) is 9.59 Å². The standard InChI is InChI=1S/C18H23N3O3/c1-11(2)21-15-6-4-3-5-14(15)20-16(21)9-10-19-17(22)12-7-8-13(12)18(23)24/h3-6,11-13H,7-10H2,1-2H3,(H,19,22)(H,23,24). The van der Waals surface area contributed by atoms with Crippen LogP contribution in [0.25, 0.3) is 11.0 Å². The normalized spacial score (nSPS) is 20.1. The SMILES string of the molecule is CC(C)n1c(CCNC(=O)C2CCC2C(=O)O)nc2ccccc21. The molecular formula is C18H23N3O3. The van der Waals surface area contributed by atoms with E-state index in [1.165, 1.54) is 0 Å². The summed E-state index contributed by atoms with van der Waals surface area (Å²) in [6, 6.07) is 8.29. The van der Waals surface area contributed by atoms with Crippen molar-refractivity contribution in [2.45, 2.75) is 39.2 Å². The van der Waals surface area contributed by atoms with Crippen molar-refractivity contribution in [1.82, 2.24) is 14.9 Å². The summed E-state index contributed by atoms with van der Waals surface area (Å²) in [7, 11) is 0. The molecular weight excluding hydrogens is 306 g/mol. The number of imidazole rings is 1. The second-order valence-corrected chi connectivity index (χ2v) is 6.65. The number of para-hydroxylation sites is 2. The topological polar surface area (TPSA) is 84.2 Å². The molecule has 1 aromatic heterocycles. The minimum absolute atomic E-state index is 0.152. The second-order valence-electron chi connectivity index (χ2n) is 6.65. The van der Waals surface area contributed by atoms with E-state index >= 15 is 0 Å². The predicted molar refractivity (Wildman–Crippen MR) is 90.7 cm³/mol. The van der Waals surface area contributed by atoms with Crippen LogP contribution in [0.2, 0.25) is 0 Å². The highest BCUT2D eigenvalue weighted by Crippen LogP contribution is 2.34. The molecule has 6 heteroatoms. The summed E-state index contributed by atoms with van der Waals surface area (Å²) in [5, 5.41) is 11.9. The van der Waals surface area contributed by atoms with E-state index in [1.54, 1.807) is 0 Å². The average Bonchev–Trinajstić information content (AvgIpc) is 2.83. The van der Waals surface area contributed by atoms with Gasteiger partial charge in [0.2, 0.25) is 5.91 Å². The predicted octanol–water partition coefficient (Wildman–Crippen LogP) is 2.39. The monoisotopic (exact) mass is 329 g/mol. The Balaban J connectivity index is 1.65. The van der Waals surface area contributed by atoms with Crippen molar-refractivity contribution in [3.8, 4) is 0 Å². The van der Waals surface area contributed by atoms with E-state index in [0.717, 1.165) is 16.9 Å². The van der Waals surface area contributed by atoms with E-state index in [2.05, 4.69) is 34.8 Å². The summed E-state index contributed by atoms with van der Waals surface area (Å²) in [6.07, 6.45) is 1.88. The maximum atomic E-state index is 12.1. The van der Waals surface area contributed by atoms with Gasteiger partial charge in [-0.05, 0) is 38.8 Å². The number of nitrogens with one attached hydrogen (secondary N) is 1. The fourth-order valence-corrected chi connectivity index (χ4v) is 3.38. The van der Waals surface area contributed by atoms with Crippen LogP contribution >= 0.6 is 0 Å². The third-order valence-electron chi connectivity index (χ3n) is 4.76. The van der Waals surface area contributed by atoms with Gasteiger partial charge in [0.25, 0.3) is 0 Å². The van der Waals surface area contributed by atoms with Gasteiger partial charge in [-0.25, -0.2) is 4.98 Å². The molecule has 1 aromatic carbocycles. The van der Waals surface area contributed by atoms with Crippen molar-refractivity contribution in [2.75, 3.05) is 6.54 Å². The lowest BCUT2D eigenvalue weighted by atomic mass is 9.73. The number of carbonyl (C=O) groups excluding carboxylic acids is 1. The molecule has 0 bridgehead atoms. The minimum Gasteiger partial charge on any atom is -0.481 e. The summed E-state index contributed by atoms with van der Waals surface area (Å²) >= 11 is 0. The molecule has 2 aromatic rings. The number of carbonyl (C=O) groups is 2. The Morgan fingerprint density at radius 2 is 2.00 bits per heavy atom. The Morgan fingerprint density at radius 1 is 1.29 bits per heavy atom. The van der Waals surface area contributed by atoms with E-state index in [4.69, 9.17) is 5.11 Å². The number of hydrogen-bond donors (Lipinski definition) is 2. The van der Waals surface area contributed by atoms with E-state index < -0.39 is 11.9 Å². The third kappa shape index (κ3) is 3.00.